The van der Waals surface area contributed by atoms with Crippen LogP contribution in [-0.2, 0) is 9.53 Å². The smallest absolute Gasteiger partial charge is 0.313 e. The largest absolute Gasteiger partial charge is 0.462 e. The first-order chi connectivity index (χ1) is 7.69. The third-order valence-electron chi connectivity index (χ3n) is 2.79. The van der Waals surface area contributed by atoms with Gasteiger partial charge in [-0.15, -0.1) is 0 Å². The van der Waals surface area contributed by atoms with Crippen molar-refractivity contribution in [1.82, 2.24) is 0 Å². The van der Waals surface area contributed by atoms with Crippen LogP contribution in [0.4, 0.5) is 0 Å². The van der Waals surface area contributed by atoms with Crippen LogP contribution in [-0.4, -0.2) is 12.1 Å². The normalized spacial score (nSPS) is 14.2. The molecule has 0 heterocycles. The van der Waals surface area contributed by atoms with Gasteiger partial charge in [0.1, 0.15) is 0 Å². The predicted molar refractivity (Wildman–Crippen MR) is 65.3 cm³/mol. The Bertz CT molecular complexity index is 319. The molecule has 0 saturated carbocycles. The van der Waals surface area contributed by atoms with Gasteiger partial charge in [0.2, 0.25) is 0 Å². The average Bonchev–Trinajstić information content (AvgIpc) is 2.31. The van der Waals surface area contributed by atoms with Gasteiger partial charge in [-0.3, -0.25) is 4.79 Å². The molecule has 0 amide bonds. The summed E-state index contributed by atoms with van der Waals surface area (Å²) >= 11 is 0. The highest BCUT2D eigenvalue weighted by molar-refractivity contribution is 5.78. The maximum atomic E-state index is 11.9. The lowest BCUT2D eigenvalue weighted by atomic mass is 9.97. The number of hydrogen-bond acceptors (Lipinski definition) is 2. The van der Waals surface area contributed by atoms with E-state index in [0.29, 0.717) is 0 Å². The zero-order valence-corrected chi connectivity index (χ0v) is 10.3. The first-order valence-corrected chi connectivity index (χ1v) is 5.94. The van der Waals surface area contributed by atoms with Crippen LogP contribution in [0, 0.1) is 0 Å². The summed E-state index contributed by atoms with van der Waals surface area (Å²) < 4.78 is 5.37. The molecule has 0 fully saturated rings. The van der Waals surface area contributed by atoms with Gasteiger partial charge in [-0.25, -0.2) is 0 Å². The van der Waals surface area contributed by atoms with Gasteiger partial charge in [0.15, 0.2) is 0 Å². The Hall–Kier alpha value is -1.31. The van der Waals surface area contributed by atoms with Crippen molar-refractivity contribution < 1.29 is 9.53 Å². The van der Waals surface area contributed by atoms with Crippen LogP contribution in [0.5, 0.6) is 0 Å². The van der Waals surface area contributed by atoms with E-state index >= 15 is 0 Å². The SMILES string of the molecule is CC[C@@H](C)OC(=O)[C@H](CC)c1ccccc1. The molecule has 16 heavy (non-hydrogen) atoms. The zero-order valence-electron chi connectivity index (χ0n) is 10.3. The topological polar surface area (TPSA) is 26.3 Å². The molecule has 0 aliphatic rings. The van der Waals surface area contributed by atoms with Gasteiger partial charge >= 0.3 is 5.97 Å². The molecule has 0 bridgehead atoms. The Morgan fingerprint density at radius 3 is 2.31 bits per heavy atom. The summed E-state index contributed by atoms with van der Waals surface area (Å²) in [6.07, 6.45) is 1.64. The Morgan fingerprint density at radius 1 is 1.19 bits per heavy atom. The molecule has 0 aliphatic heterocycles. The average molecular weight is 220 g/mol. The minimum Gasteiger partial charge on any atom is -0.462 e. The molecule has 1 rings (SSSR count). The van der Waals surface area contributed by atoms with E-state index in [-0.39, 0.29) is 18.0 Å². The van der Waals surface area contributed by atoms with E-state index in [1.54, 1.807) is 0 Å². The fourth-order valence-electron chi connectivity index (χ4n) is 1.59. The van der Waals surface area contributed by atoms with Gasteiger partial charge < -0.3 is 4.74 Å². The van der Waals surface area contributed by atoms with Crippen molar-refractivity contribution >= 4 is 5.97 Å². The maximum absolute atomic E-state index is 11.9. The second kappa shape index (κ2) is 6.31. The second-order valence-electron chi connectivity index (χ2n) is 4.03. The Labute approximate surface area is 97.6 Å². The summed E-state index contributed by atoms with van der Waals surface area (Å²) in [6.45, 7) is 5.95. The number of rotatable bonds is 5. The first kappa shape index (κ1) is 12.8. The van der Waals surface area contributed by atoms with Crippen LogP contribution >= 0.6 is 0 Å². The van der Waals surface area contributed by atoms with Crippen LogP contribution in [0.1, 0.15) is 45.1 Å². The minimum absolute atomic E-state index is 0.00487. The van der Waals surface area contributed by atoms with Gasteiger partial charge in [0.25, 0.3) is 0 Å². The predicted octanol–water partition coefficient (Wildman–Crippen LogP) is 3.52. The van der Waals surface area contributed by atoms with Crippen molar-refractivity contribution in [3.63, 3.8) is 0 Å². The Kier molecular flexibility index (Phi) is 5.03. The third kappa shape index (κ3) is 3.37. The van der Waals surface area contributed by atoms with Gasteiger partial charge in [0.05, 0.1) is 12.0 Å². The van der Waals surface area contributed by atoms with Crippen molar-refractivity contribution in [2.75, 3.05) is 0 Å². The molecule has 2 atom stereocenters. The molecule has 88 valence electrons. The lowest BCUT2D eigenvalue weighted by Crippen LogP contribution is -2.20. The number of hydrogen-bond donors (Lipinski definition) is 0. The fourth-order valence-corrected chi connectivity index (χ4v) is 1.59. The molecule has 0 aliphatic carbocycles. The van der Waals surface area contributed by atoms with E-state index in [0.717, 1.165) is 18.4 Å². The van der Waals surface area contributed by atoms with Crippen LogP contribution in [0.25, 0.3) is 0 Å². The van der Waals surface area contributed by atoms with Crippen LogP contribution in [0.3, 0.4) is 0 Å². The number of carbonyl (C=O) groups excluding carboxylic acids is 1. The standard InChI is InChI=1S/C14H20O2/c1-4-11(3)16-14(15)13(5-2)12-9-7-6-8-10-12/h6-11,13H,4-5H2,1-3H3/t11-,13-/m1/s1. The first-order valence-electron chi connectivity index (χ1n) is 5.94. The van der Waals surface area contributed by atoms with E-state index in [4.69, 9.17) is 4.74 Å². The molecule has 1 aromatic carbocycles. The quantitative estimate of drug-likeness (QED) is 0.710. The lowest BCUT2D eigenvalue weighted by molar-refractivity contribution is -0.150. The van der Waals surface area contributed by atoms with Gasteiger partial charge in [-0.05, 0) is 25.3 Å². The molecular weight excluding hydrogens is 200 g/mol. The molecule has 0 unspecified atom stereocenters. The molecule has 2 nitrogen and oxygen atoms in total. The van der Waals surface area contributed by atoms with Crippen molar-refractivity contribution in [3.8, 4) is 0 Å². The van der Waals surface area contributed by atoms with Crippen LogP contribution in [0.2, 0.25) is 0 Å². The molecule has 1 aromatic rings. The molecule has 0 aromatic heterocycles. The van der Waals surface area contributed by atoms with E-state index in [1.807, 2.05) is 51.1 Å². The number of benzene rings is 1. The zero-order chi connectivity index (χ0) is 12.0. The number of esters is 1. The van der Waals surface area contributed by atoms with Gasteiger partial charge in [-0.2, -0.15) is 0 Å². The lowest BCUT2D eigenvalue weighted by Gasteiger charge is -2.17. The van der Waals surface area contributed by atoms with Crippen molar-refractivity contribution in [2.45, 2.75) is 45.6 Å². The number of carbonyl (C=O) groups is 1. The molecule has 0 spiro atoms. The summed E-state index contributed by atoms with van der Waals surface area (Å²) in [7, 11) is 0. The van der Waals surface area contributed by atoms with Crippen molar-refractivity contribution in [1.29, 1.82) is 0 Å². The third-order valence-corrected chi connectivity index (χ3v) is 2.79. The summed E-state index contributed by atoms with van der Waals surface area (Å²) in [5, 5.41) is 0. The van der Waals surface area contributed by atoms with Crippen LogP contribution in [0.15, 0.2) is 30.3 Å². The summed E-state index contributed by atoms with van der Waals surface area (Å²) in [6, 6.07) is 9.82. The van der Waals surface area contributed by atoms with E-state index in [2.05, 4.69) is 0 Å². The van der Waals surface area contributed by atoms with E-state index in [1.165, 1.54) is 0 Å². The Morgan fingerprint density at radius 2 is 1.81 bits per heavy atom. The summed E-state index contributed by atoms with van der Waals surface area (Å²) in [4.78, 5) is 11.9. The van der Waals surface area contributed by atoms with E-state index in [9.17, 15) is 4.79 Å². The van der Waals surface area contributed by atoms with Gasteiger partial charge in [0, 0.05) is 0 Å². The molecule has 0 radical (unpaired) electrons. The van der Waals surface area contributed by atoms with Gasteiger partial charge in [-0.1, -0.05) is 44.2 Å². The van der Waals surface area contributed by atoms with Crippen molar-refractivity contribution in [2.24, 2.45) is 0 Å². The Balaban J connectivity index is 2.71. The molecular formula is C14H20O2. The minimum atomic E-state index is -0.129. The maximum Gasteiger partial charge on any atom is 0.313 e. The second-order valence-corrected chi connectivity index (χ2v) is 4.03. The van der Waals surface area contributed by atoms with E-state index < -0.39 is 0 Å². The highest BCUT2D eigenvalue weighted by atomic mass is 16.5. The summed E-state index contributed by atoms with van der Waals surface area (Å²) in [5.74, 6) is -0.238. The van der Waals surface area contributed by atoms with Crippen LogP contribution < -0.4 is 0 Å². The monoisotopic (exact) mass is 220 g/mol. The highest BCUT2D eigenvalue weighted by Crippen LogP contribution is 2.21. The fraction of sp³-hybridized carbons (Fsp3) is 0.500. The number of ether oxygens (including phenoxy) is 1. The van der Waals surface area contributed by atoms with Crippen molar-refractivity contribution in [3.05, 3.63) is 35.9 Å². The summed E-state index contributed by atoms with van der Waals surface area (Å²) in [5.41, 5.74) is 1.04. The molecule has 0 N–H and O–H groups in total. The molecule has 0 saturated heterocycles. The highest BCUT2D eigenvalue weighted by Gasteiger charge is 2.21. The molecule has 2 heteroatoms.